The van der Waals surface area contributed by atoms with Gasteiger partial charge in [-0.25, -0.2) is 0 Å². The Labute approximate surface area is 116 Å². The molecule has 0 nitrogen and oxygen atoms in total. The first kappa shape index (κ1) is 57.6. The molecule has 0 atom stereocenters. The quantitative estimate of drug-likeness (QED) is 0.500. The number of hydrogen-bond acceptors (Lipinski definition) is 0. The van der Waals surface area contributed by atoms with Crippen molar-refractivity contribution in [3.8, 4) is 0 Å². The summed E-state index contributed by atoms with van der Waals surface area (Å²) < 4.78 is 0. The van der Waals surface area contributed by atoms with Crippen molar-refractivity contribution < 1.29 is 0 Å². The summed E-state index contributed by atoms with van der Waals surface area (Å²) in [7, 11) is 0. The summed E-state index contributed by atoms with van der Waals surface area (Å²) in [5.41, 5.74) is 0. The Bertz CT molecular complexity index is 3.90. The summed E-state index contributed by atoms with van der Waals surface area (Å²) in [6, 6.07) is 0. The van der Waals surface area contributed by atoms with Gasteiger partial charge in [0.1, 0.15) is 0 Å². The van der Waals surface area contributed by atoms with E-state index in [9.17, 15) is 0 Å². The Morgan fingerprint density at radius 1 is 0.333 bits per heavy atom. The van der Waals surface area contributed by atoms with E-state index in [4.69, 9.17) is 0 Å². The SMILES string of the molecule is S.S.S.S.S.[K]. The van der Waals surface area contributed by atoms with Crippen LogP contribution in [0.4, 0.5) is 0 Å². The van der Waals surface area contributed by atoms with Gasteiger partial charge < -0.3 is 0 Å². The average molecular weight is 210 g/mol. The van der Waals surface area contributed by atoms with Crippen molar-refractivity contribution >= 4 is 119 Å². The molecule has 0 saturated heterocycles. The number of hydrogen-bond donors (Lipinski definition) is 0. The van der Waals surface area contributed by atoms with Crippen LogP contribution in [0.1, 0.15) is 0 Å². The van der Waals surface area contributed by atoms with Gasteiger partial charge in [-0.05, 0) is 0 Å². The van der Waals surface area contributed by atoms with Crippen molar-refractivity contribution in [3.05, 3.63) is 0 Å². The molecule has 0 aliphatic rings. The fourth-order valence-electron chi connectivity index (χ4n) is 0. The van der Waals surface area contributed by atoms with Crippen LogP contribution in [0, 0.1) is 0 Å². The zero-order valence-electron chi connectivity index (χ0n) is 3.50. The van der Waals surface area contributed by atoms with Gasteiger partial charge >= 0.3 is 0 Å². The molecule has 0 rings (SSSR count). The van der Waals surface area contributed by atoms with Crippen LogP contribution < -0.4 is 0 Å². The van der Waals surface area contributed by atoms with Crippen molar-refractivity contribution in [2.24, 2.45) is 0 Å². The van der Waals surface area contributed by atoms with Gasteiger partial charge in [0, 0.05) is 51.4 Å². The van der Waals surface area contributed by atoms with Gasteiger partial charge in [-0.2, -0.15) is 67.5 Å². The normalized spacial score (nSPS) is 0. The Balaban J connectivity index is 0. The molecule has 1 radical (unpaired) electrons. The van der Waals surface area contributed by atoms with Crippen molar-refractivity contribution in [1.29, 1.82) is 0 Å². The molecule has 0 spiro atoms. The van der Waals surface area contributed by atoms with E-state index in [0.717, 1.165) is 0 Å². The molecule has 0 heterocycles. The third-order valence-corrected chi connectivity index (χ3v) is 0. The Morgan fingerprint density at radius 3 is 0.333 bits per heavy atom. The predicted octanol–water partition coefficient (Wildman–Crippen LogP) is 0.183. The van der Waals surface area contributed by atoms with Gasteiger partial charge in [-0.3, -0.25) is 0 Å². The van der Waals surface area contributed by atoms with Crippen LogP contribution in [-0.2, 0) is 0 Å². The van der Waals surface area contributed by atoms with Crippen molar-refractivity contribution in [1.82, 2.24) is 0 Å². The first-order chi connectivity index (χ1) is 0. The van der Waals surface area contributed by atoms with E-state index in [1.807, 2.05) is 0 Å². The van der Waals surface area contributed by atoms with Gasteiger partial charge in [-0.1, -0.05) is 0 Å². The first-order valence-corrected chi connectivity index (χ1v) is 0. The minimum atomic E-state index is 0. The summed E-state index contributed by atoms with van der Waals surface area (Å²) in [6.45, 7) is 0. The Morgan fingerprint density at radius 2 is 0.333 bits per heavy atom. The summed E-state index contributed by atoms with van der Waals surface area (Å²) in [4.78, 5) is 0. The fraction of sp³-hybridized carbons (Fsp3) is 0. The Hall–Kier alpha value is 3.39. The third-order valence-electron chi connectivity index (χ3n) is 0. The molecule has 0 aromatic carbocycles. The second-order valence-electron chi connectivity index (χ2n) is 0. The molecule has 0 fully saturated rings. The molecule has 0 aliphatic carbocycles. The molecule has 6 heteroatoms. The van der Waals surface area contributed by atoms with Crippen molar-refractivity contribution in [2.45, 2.75) is 0 Å². The van der Waals surface area contributed by atoms with E-state index < -0.39 is 0 Å². The van der Waals surface area contributed by atoms with Crippen LogP contribution in [0.15, 0.2) is 0 Å². The standard InChI is InChI=1S/K.5H2S/h;5*1H2. The van der Waals surface area contributed by atoms with Crippen LogP contribution in [-0.4, -0.2) is 51.4 Å². The van der Waals surface area contributed by atoms with Crippen LogP contribution in [0.5, 0.6) is 0 Å². The van der Waals surface area contributed by atoms with Crippen LogP contribution in [0.25, 0.3) is 0 Å². The molecular formula is H10KS5. The molecule has 0 aromatic heterocycles. The van der Waals surface area contributed by atoms with Gasteiger partial charge in [-0.15, -0.1) is 0 Å². The van der Waals surface area contributed by atoms with Crippen LogP contribution >= 0.6 is 67.5 Å². The average Bonchev–Trinajstić information content (AvgIpc) is 0. The molecule has 0 aliphatic heterocycles. The summed E-state index contributed by atoms with van der Waals surface area (Å²) in [5.74, 6) is 0. The molecule has 0 aromatic rings. The second kappa shape index (κ2) is 39.9. The van der Waals surface area contributed by atoms with E-state index in [-0.39, 0.29) is 119 Å². The largest absolute Gasteiger partial charge is 0.197 e. The molecule has 0 bridgehead atoms. The molecule has 0 amide bonds. The zero-order chi connectivity index (χ0) is 0. The number of rotatable bonds is 0. The van der Waals surface area contributed by atoms with E-state index in [0.29, 0.717) is 0 Å². The van der Waals surface area contributed by atoms with Crippen LogP contribution in [0.2, 0.25) is 0 Å². The first-order valence-electron chi connectivity index (χ1n) is 0. The molecule has 41 valence electrons. The van der Waals surface area contributed by atoms with Gasteiger partial charge in [0.25, 0.3) is 0 Å². The molecule has 0 saturated carbocycles. The van der Waals surface area contributed by atoms with Gasteiger partial charge in [0.15, 0.2) is 0 Å². The molecule has 6 heavy (non-hydrogen) atoms. The summed E-state index contributed by atoms with van der Waals surface area (Å²) in [6.07, 6.45) is 0. The third kappa shape index (κ3) is 26.3. The molecular weight excluding hydrogens is 199 g/mol. The van der Waals surface area contributed by atoms with E-state index in [1.54, 1.807) is 0 Å². The maximum Gasteiger partial charge on any atom is 0 e. The van der Waals surface area contributed by atoms with Gasteiger partial charge in [0.2, 0.25) is 0 Å². The predicted molar refractivity (Wildman–Crippen MR) is 57.7 cm³/mol. The summed E-state index contributed by atoms with van der Waals surface area (Å²) >= 11 is 0. The van der Waals surface area contributed by atoms with Crippen molar-refractivity contribution in [3.63, 3.8) is 0 Å². The summed E-state index contributed by atoms with van der Waals surface area (Å²) in [5, 5.41) is 0. The zero-order valence-corrected chi connectivity index (χ0v) is 11.6. The second-order valence-corrected chi connectivity index (χ2v) is 0. The van der Waals surface area contributed by atoms with Crippen LogP contribution in [0.3, 0.4) is 0 Å². The topological polar surface area (TPSA) is 0 Å². The van der Waals surface area contributed by atoms with E-state index in [2.05, 4.69) is 0 Å². The fourth-order valence-corrected chi connectivity index (χ4v) is 0. The van der Waals surface area contributed by atoms with E-state index in [1.165, 1.54) is 0 Å². The minimum Gasteiger partial charge on any atom is -0.197 e. The Kier molecular flexibility index (Phi) is 383. The molecule has 0 unspecified atom stereocenters. The monoisotopic (exact) mass is 209 g/mol. The minimum absolute atomic E-state index is 0. The molecule has 0 N–H and O–H groups in total. The van der Waals surface area contributed by atoms with Gasteiger partial charge in [0.05, 0.1) is 0 Å². The maximum absolute atomic E-state index is 0. The smallest absolute Gasteiger partial charge is 0 e. The van der Waals surface area contributed by atoms with E-state index >= 15 is 0 Å². The van der Waals surface area contributed by atoms with Crippen molar-refractivity contribution in [2.75, 3.05) is 0 Å². The maximum atomic E-state index is 0.